The van der Waals surface area contributed by atoms with E-state index in [1.165, 1.54) is 18.2 Å². The van der Waals surface area contributed by atoms with E-state index in [9.17, 15) is 9.50 Å². The number of hydrogen-bond acceptors (Lipinski definition) is 2. The Kier molecular flexibility index (Phi) is 3.59. The van der Waals surface area contributed by atoms with Crippen LogP contribution in [0.4, 0.5) is 4.39 Å². The zero-order valence-electron chi connectivity index (χ0n) is 10.3. The molecule has 1 heterocycles. The zero-order valence-corrected chi connectivity index (χ0v) is 11.8. The van der Waals surface area contributed by atoms with Gasteiger partial charge in [-0.15, -0.1) is 0 Å². The lowest BCUT2D eigenvalue weighted by Gasteiger charge is -2.30. The van der Waals surface area contributed by atoms with Crippen molar-refractivity contribution >= 4 is 23.2 Å². The molecule has 3 rings (SSSR count). The molecular weight excluding hydrogens is 302 g/mol. The van der Waals surface area contributed by atoms with Gasteiger partial charge in [0.05, 0.1) is 6.10 Å². The van der Waals surface area contributed by atoms with Crippen LogP contribution < -0.4 is 4.74 Å². The van der Waals surface area contributed by atoms with E-state index in [0.29, 0.717) is 27.8 Å². The first-order valence-corrected chi connectivity index (χ1v) is 6.88. The van der Waals surface area contributed by atoms with E-state index < -0.39 is 18.0 Å². The topological polar surface area (TPSA) is 29.5 Å². The Morgan fingerprint density at radius 3 is 2.50 bits per heavy atom. The Bertz CT molecular complexity index is 640. The summed E-state index contributed by atoms with van der Waals surface area (Å²) in [5.74, 6) is -0.0504. The molecule has 0 radical (unpaired) electrons. The molecule has 104 valence electrons. The fourth-order valence-electron chi connectivity index (χ4n) is 2.38. The molecule has 2 nitrogen and oxygen atoms in total. The van der Waals surface area contributed by atoms with Crippen LogP contribution in [0.5, 0.6) is 5.75 Å². The summed E-state index contributed by atoms with van der Waals surface area (Å²) in [5, 5.41) is 11.1. The van der Waals surface area contributed by atoms with Gasteiger partial charge in [-0.05, 0) is 35.9 Å². The molecule has 0 bridgehead atoms. The minimum Gasteiger partial charge on any atom is -0.485 e. The van der Waals surface area contributed by atoms with Gasteiger partial charge in [0, 0.05) is 28.1 Å². The van der Waals surface area contributed by atoms with Crippen molar-refractivity contribution < 1.29 is 14.2 Å². The molecule has 0 saturated carbocycles. The standard InChI is InChI=1S/C15H11Cl2FO2/c16-9-3-8(4-10(17)5-9)14-7-13(19)12-2-1-11(18)6-15(12)20-14/h1-6,13-14,19H,7H2/t13-,14?/m1/s1. The summed E-state index contributed by atoms with van der Waals surface area (Å²) in [7, 11) is 0. The number of fused-ring (bicyclic) bond motifs is 1. The normalized spacial score (nSPS) is 21.2. The van der Waals surface area contributed by atoms with E-state index >= 15 is 0 Å². The van der Waals surface area contributed by atoms with Gasteiger partial charge in [-0.2, -0.15) is 0 Å². The summed E-state index contributed by atoms with van der Waals surface area (Å²) in [4.78, 5) is 0. The number of aliphatic hydroxyl groups is 1. The lowest BCUT2D eigenvalue weighted by Crippen LogP contribution is -2.19. The molecule has 0 saturated heterocycles. The van der Waals surface area contributed by atoms with Crippen molar-refractivity contribution in [2.45, 2.75) is 18.6 Å². The number of ether oxygens (including phenoxy) is 1. The van der Waals surface area contributed by atoms with E-state index in [-0.39, 0.29) is 0 Å². The average Bonchev–Trinajstić information content (AvgIpc) is 2.36. The molecule has 0 spiro atoms. The van der Waals surface area contributed by atoms with Gasteiger partial charge in [-0.25, -0.2) is 4.39 Å². The SMILES string of the molecule is O[C@@H]1CC(c2cc(Cl)cc(Cl)c2)Oc2cc(F)ccc21. The Balaban J connectivity index is 1.98. The van der Waals surface area contributed by atoms with Crippen molar-refractivity contribution in [3.8, 4) is 5.75 Å². The quantitative estimate of drug-likeness (QED) is 0.827. The Morgan fingerprint density at radius 1 is 1.10 bits per heavy atom. The highest BCUT2D eigenvalue weighted by Gasteiger charge is 2.28. The van der Waals surface area contributed by atoms with Gasteiger partial charge in [-0.3, -0.25) is 0 Å². The van der Waals surface area contributed by atoms with Crippen molar-refractivity contribution in [1.29, 1.82) is 0 Å². The Morgan fingerprint density at radius 2 is 1.80 bits per heavy atom. The molecule has 1 aliphatic rings. The molecule has 1 N–H and O–H groups in total. The van der Waals surface area contributed by atoms with E-state index in [1.807, 2.05) is 0 Å². The first-order chi connectivity index (χ1) is 9.52. The third-order valence-corrected chi connectivity index (χ3v) is 3.73. The predicted octanol–water partition coefficient (Wildman–Crippen LogP) is 4.69. The number of rotatable bonds is 1. The molecule has 2 atom stereocenters. The fraction of sp³-hybridized carbons (Fsp3) is 0.200. The van der Waals surface area contributed by atoms with Crippen LogP contribution in [0.2, 0.25) is 10.0 Å². The molecule has 20 heavy (non-hydrogen) atoms. The molecule has 5 heteroatoms. The van der Waals surface area contributed by atoms with Crippen molar-refractivity contribution in [2.24, 2.45) is 0 Å². The maximum atomic E-state index is 13.3. The predicted molar refractivity (Wildman–Crippen MR) is 75.8 cm³/mol. The molecule has 1 aliphatic heterocycles. The molecule has 0 fully saturated rings. The monoisotopic (exact) mass is 312 g/mol. The molecule has 1 unspecified atom stereocenters. The zero-order chi connectivity index (χ0) is 14.3. The van der Waals surface area contributed by atoms with E-state index in [2.05, 4.69) is 0 Å². The minimum absolute atomic E-state index is 0.352. The molecule has 2 aromatic carbocycles. The second kappa shape index (κ2) is 5.24. The largest absolute Gasteiger partial charge is 0.485 e. The highest BCUT2D eigenvalue weighted by molar-refractivity contribution is 6.34. The van der Waals surface area contributed by atoms with Crippen molar-refractivity contribution in [2.75, 3.05) is 0 Å². The highest BCUT2D eigenvalue weighted by Crippen LogP contribution is 2.41. The van der Waals surface area contributed by atoms with Crippen LogP contribution in [0.15, 0.2) is 36.4 Å². The second-order valence-corrected chi connectivity index (χ2v) is 5.62. The highest BCUT2D eigenvalue weighted by atomic mass is 35.5. The summed E-state index contributed by atoms with van der Waals surface area (Å²) >= 11 is 11.9. The van der Waals surface area contributed by atoms with Crippen LogP contribution >= 0.6 is 23.2 Å². The second-order valence-electron chi connectivity index (χ2n) is 4.74. The van der Waals surface area contributed by atoms with Gasteiger partial charge in [0.1, 0.15) is 17.7 Å². The third kappa shape index (κ3) is 2.62. The number of hydrogen-bond donors (Lipinski definition) is 1. The van der Waals surface area contributed by atoms with E-state index in [4.69, 9.17) is 27.9 Å². The lowest BCUT2D eigenvalue weighted by molar-refractivity contribution is 0.0654. The summed E-state index contributed by atoms with van der Waals surface area (Å²) in [6.45, 7) is 0. The Hall–Kier alpha value is -1.29. The minimum atomic E-state index is -0.706. The van der Waals surface area contributed by atoms with Crippen molar-refractivity contribution in [3.05, 3.63) is 63.4 Å². The number of halogens is 3. The van der Waals surface area contributed by atoms with Gasteiger partial charge in [-0.1, -0.05) is 23.2 Å². The van der Waals surface area contributed by atoms with Gasteiger partial charge < -0.3 is 9.84 Å². The average molecular weight is 313 g/mol. The van der Waals surface area contributed by atoms with Crippen molar-refractivity contribution in [1.82, 2.24) is 0 Å². The van der Waals surface area contributed by atoms with Gasteiger partial charge in [0.2, 0.25) is 0 Å². The van der Waals surface area contributed by atoms with Crippen LogP contribution in [0.3, 0.4) is 0 Å². The molecule has 0 aromatic heterocycles. The van der Waals surface area contributed by atoms with Crippen LogP contribution in [-0.2, 0) is 0 Å². The third-order valence-electron chi connectivity index (χ3n) is 3.30. The van der Waals surface area contributed by atoms with E-state index in [0.717, 1.165) is 5.56 Å². The molecule has 0 aliphatic carbocycles. The maximum Gasteiger partial charge on any atom is 0.128 e. The summed E-state index contributed by atoms with van der Waals surface area (Å²) in [5.41, 5.74) is 1.35. The molecule has 0 amide bonds. The van der Waals surface area contributed by atoms with Crippen LogP contribution in [0.25, 0.3) is 0 Å². The summed E-state index contributed by atoms with van der Waals surface area (Å²) in [6, 6.07) is 9.21. The number of aliphatic hydroxyl groups excluding tert-OH is 1. The fourth-order valence-corrected chi connectivity index (χ4v) is 2.92. The first kappa shape index (κ1) is 13.7. The lowest BCUT2D eigenvalue weighted by atomic mass is 9.95. The van der Waals surface area contributed by atoms with Crippen molar-refractivity contribution in [3.63, 3.8) is 0 Å². The number of benzene rings is 2. The van der Waals surface area contributed by atoms with Crippen LogP contribution in [-0.4, -0.2) is 5.11 Å². The smallest absolute Gasteiger partial charge is 0.128 e. The Labute approximate surface area is 125 Å². The van der Waals surface area contributed by atoms with Crippen LogP contribution in [0, 0.1) is 5.82 Å². The van der Waals surface area contributed by atoms with Crippen LogP contribution in [0.1, 0.15) is 29.8 Å². The maximum absolute atomic E-state index is 13.3. The van der Waals surface area contributed by atoms with Gasteiger partial charge in [0.25, 0.3) is 0 Å². The molecular formula is C15H11Cl2FO2. The van der Waals surface area contributed by atoms with Gasteiger partial charge in [0.15, 0.2) is 0 Å². The molecule has 2 aromatic rings. The summed E-state index contributed by atoms with van der Waals surface area (Å²) < 4.78 is 19.0. The van der Waals surface area contributed by atoms with E-state index in [1.54, 1.807) is 18.2 Å². The van der Waals surface area contributed by atoms with Gasteiger partial charge >= 0.3 is 0 Å². The summed E-state index contributed by atoms with van der Waals surface area (Å²) in [6.07, 6.45) is -0.743. The first-order valence-electron chi connectivity index (χ1n) is 6.13.